The van der Waals surface area contributed by atoms with Crippen LogP contribution in [0.25, 0.3) is 0 Å². The zero-order valence-corrected chi connectivity index (χ0v) is 30.8. The van der Waals surface area contributed by atoms with E-state index < -0.39 is 0 Å². The maximum atomic E-state index is 12.4. The molecule has 1 aliphatic heterocycles. The van der Waals surface area contributed by atoms with Crippen molar-refractivity contribution in [2.24, 2.45) is 0 Å². The van der Waals surface area contributed by atoms with Gasteiger partial charge in [-0.05, 0) is 71.3 Å². The van der Waals surface area contributed by atoms with Gasteiger partial charge in [0.15, 0.2) is 0 Å². The topological polar surface area (TPSA) is 35.6 Å². The number of carbonyl (C=O) groups excluding carboxylic acids is 1. The number of rotatable bonds is 33. The van der Waals surface area contributed by atoms with Crippen LogP contribution >= 0.6 is 0 Å². The Bertz CT molecular complexity index is 690. The largest absolute Gasteiger partial charge is 0.355 e. The lowest BCUT2D eigenvalue weighted by Crippen LogP contribution is -2.41. The first-order valence-corrected chi connectivity index (χ1v) is 20.2. The number of nitrogens with one attached hydrogen (secondary N) is 1. The van der Waals surface area contributed by atoms with E-state index in [1.807, 2.05) is 0 Å². The maximum Gasteiger partial charge on any atom is 0.220 e. The lowest BCUT2D eigenvalue weighted by atomic mass is 10.1. The molecule has 1 N–H and O–H groups in total. The Balaban J connectivity index is 1.94. The van der Waals surface area contributed by atoms with Gasteiger partial charge in [0.05, 0.1) is 6.17 Å². The molecule has 0 aromatic carbocycles. The Hall–Kier alpha value is -1.13. The Morgan fingerprint density at radius 2 is 1.00 bits per heavy atom. The van der Waals surface area contributed by atoms with Gasteiger partial charge in [-0.2, -0.15) is 0 Å². The molecule has 1 atom stereocenters. The van der Waals surface area contributed by atoms with Gasteiger partial charge in [0.1, 0.15) is 0 Å². The summed E-state index contributed by atoms with van der Waals surface area (Å²) in [4.78, 5) is 17.5. The number of unbranched alkanes of at least 4 members (excludes halogenated alkanes) is 22. The highest BCUT2D eigenvalue weighted by Crippen LogP contribution is 2.19. The summed E-state index contributed by atoms with van der Waals surface area (Å²) in [5.74, 6) is 0.244. The van der Waals surface area contributed by atoms with Crippen molar-refractivity contribution < 1.29 is 4.79 Å². The number of carbonyl (C=O) groups is 1. The van der Waals surface area contributed by atoms with Crippen LogP contribution < -0.4 is 5.32 Å². The summed E-state index contributed by atoms with van der Waals surface area (Å²) in [6.07, 6.45) is 46.7. The fraction of sp³-hybridized carbons (Fsp3) is 0.878. The molecule has 0 radical (unpaired) electrons. The highest BCUT2D eigenvalue weighted by Gasteiger charge is 2.28. The first kappa shape index (κ1) is 41.9. The third kappa shape index (κ3) is 26.6. The number of nitrogens with zero attached hydrogens (tertiary/aromatic N) is 2. The number of hydrogen-bond acceptors (Lipinski definition) is 3. The van der Waals surface area contributed by atoms with Gasteiger partial charge in [-0.25, -0.2) is 0 Å². The minimum atomic E-state index is 0.244. The fourth-order valence-corrected chi connectivity index (χ4v) is 6.71. The predicted octanol–water partition coefficient (Wildman–Crippen LogP) is 11.8. The molecule has 1 unspecified atom stereocenters. The van der Waals surface area contributed by atoms with Crippen LogP contribution in [0.2, 0.25) is 0 Å². The Morgan fingerprint density at radius 3 is 1.49 bits per heavy atom. The van der Waals surface area contributed by atoms with Gasteiger partial charge in [-0.1, -0.05) is 147 Å². The van der Waals surface area contributed by atoms with Crippen molar-refractivity contribution in [1.82, 2.24) is 15.1 Å². The zero-order chi connectivity index (χ0) is 32.5. The molecule has 264 valence electrons. The second kappa shape index (κ2) is 32.8. The van der Waals surface area contributed by atoms with Crippen LogP contribution in [0.15, 0.2) is 24.3 Å². The first-order valence-electron chi connectivity index (χ1n) is 20.2. The van der Waals surface area contributed by atoms with Crippen LogP contribution in [0.3, 0.4) is 0 Å². The first-order chi connectivity index (χ1) is 22.2. The second-order valence-electron chi connectivity index (χ2n) is 14.1. The summed E-state index contributed by atoms with van der Waals surface area (Å²) in [7, 11) is 2.27. The van der Waals surface area contributed by atoms with Crippen LogP contribution in [0.1, 0.15) is 194 Å². The Morgan fingerprint density at radius 1 is 0.578 bits per heavy atom. The molecule has 0 aromatic heterocycles. The molecule has 45 heavy (non-hydrogen) atoms. The summed E-state index contributed by atoms with van der Waals surface area (Å²) >= 11 is 0. The molecule has 0 bridgehead atoms. The highest BCUT2D eigenvalue weighted by atomic mass is 16.1. The average Bonchev–Trinajstić information content (AvgIpc) is 3.39. The molecule has 1 saturated heterocycles. The van der Waals surface area contributed by atoms with Gasteiger partial charge in [0, 0.05) is 32.6 Å². The summed E-state index contributed by atoms with van der Waals surface area (Å²) < 4.78 is 0. The van der Waals surface area contributed by atoms with Crippen LogP contribution in [-0.4, -0.2) is 55.1 Å². The third-order valence-corrected chi connectivity index (χ3v) is 9.78. The Labute approximate surface area is 282 Å². The van der Waals surface area contributed by atoms with Crippen LogP contribution in [0.5, 0.6) is 0 Å². The predicted molar refractivity (Wildman–Crippen MR) is 200 cm³/mol. The van der Waals surface area contributed by atoms with E-state index in [4.69, 9.17) is 0 Å². The number of hydrogen-bond donors (Lipinski definition) is 1. The quantitative estimate of drug-likeness (QED) is 0.0579. The van der Waals surface area contributed by atoms with Crippen LogP contribution in [0, 0.1) is 0 Å². The van der Waals surface area contributed by atoms with Gasteiger partial charge in [0.25, 0.3) is 0 Å². The average molecular weight is 630 g/mol. The van der Waals surface area contributed by atoms with E-state index in [1.54, 1.807) is 0 Å². The molecule has 0 spiro atoms. The van der Waals surface area contributed by atoms with Crippen molar-refractivity contribution in [3.63, 3.8) is 0 Å². The molecule has 4 heteroatoms. The normalized spacial score (nSPS) is 16.1. The fourth-order valence-electron chi connectivity index (χ4n) is 6.71. The van der Waals surface area contributed by atoms with Gasteiger partial charge in [-0.15, -0.1) is 0 Å². The summed E-state index contributed by atoms with van der Waals surface area (Å²) in [5.41, 5.74) is 0. The number of amides is 1. The van der Waals surface area contributed by atoms with Gasteiger partial charge < -0.3 is 5.32 Å². The van der Waals surface area contributed by atoms with Gasteiger partial charge >= 0.3 is 0 Å². The van der Waals surface area contributed by atoms with Crippen molar-refractivity contribution >= 4 is 5.91 Å². The molecule has 4 nitrogen and oxygen atoms in total. The number of allylic oxidation sites excluding steroid dienone is 4. The molecular weight excluding hydrogens is 550 g/mol. The van der Waals surface area contributed by atoms with E-state index in [2.05, 4.69) is 60.3 Å². The molecule has 1 aliphatic rings. The zero-order valence-electron chi connectivity index (χ0n) is 30.8. The number of likely N-dealkylation sites (N-methyl/N-ethyl adjacent to an activating group) is 1. The molecule has 0 aliphatic carbocycles. The smallest absolute Gasteiger partial charge is 0.220 e. The van der Waals surface area contributed by atoms with Crippen LogP contribution in [-0.2, 0) is 4.79 Å². The van der Waals surface area contributed by atoms with Gasteiger partial charge in [0.2, 0.25) is 5.91 Å². The Kier molecular flexibility index (Phi) is 30.5. The van der Waals surface area contributed by atoms with Crippen molar-refractivity contribution in [3.8, 4) is 0 Å². The molecule has 1 rings (SSSR count). The van der Waals surface area contributed by atoms with E-state index in [1.165, 1.54) is 167 Å². The monoisotopic (exact) mass is 630 g/mol. The van der Waals surface area contributed by atoms with E-state index in [-0.39, 0.29) is 5.91 Å². The summed E-state index contributed by atoms with van der Waals surface area (Å²) in [6, 6.07) is 0. The standard InChI is InChI=1S/C41H79N3O/c1-4-6-8-10-12-14-16-18-20-22-24-26-28-30-32-34-40(45)42-36-37-44-39-38-43(3)41(44)35-33-31-29-27-25-23-21-19-17-15-13-11-9-7-5-2/h18-21,41H,4-17,22-39H2,1-3H3,(H,42,45)/b20-18-,21-19-. The summed E-state index contributed by atoms with van der Waals surface area (Å²) in [6.45, 7) is 8.63. The maximum absolute atomic E-state index is 12.4. The van der Waals surface area contributed by atoms with E-state index in [0.717, 1.165) is 32.6 Å². The molecule has 1 heterocycles. The highest BCUT2D eigenvalue weighted by molar-refractivity contribution is 5.75. The van der Waals surface area contributed by atoms with Crippen molar-refractivity contribution in [2.75, 3.05) is 33.2 Å². The third-order valence-electron chi connectivity index (χ3n) is 9.78. The minimum absolute atomic E-state index is 0.244. The lowest BCUT2D eigenvalue weighted by Gasteiger charge is -2.28. The molecular formula is C41H79N3O. The summed E-state index contributed by atoms with van der Waals surface area (Å²) in [5, 5.41) is 3.20. The molecule has 0 aromatic rings. The van der Waals surface area contributed by atoms with Crippen LogP contribution in [0.4, 0.5) is 0 Å². The van der Waals surface area contributed by atoms with Crippen molar-refractivity contribution in [2.45, 2.75) is 200 Å². The molecule has 0 saturated carbocycles. The minimum Gasteiger partial charge on any atom is -0.355 e. The molecule has 1 fully saturated rings. The van der Waals surface area contributed by atoms with Crippen molar-refractivity contribution in [1.29, 1.82) is 0 Å². The van der Waals surface area contributed by atoms with E-state index in [0.29, 0.717) is 12.6 Å². The van der Waals surface area contributed by atoms with Crippen molar-refractivity contribution in [3.05, 3.63) is 24.3 Å². The van der Waals surface area contributed by atoms with E-state index in [9.17, 15) is 4.79 Å². The van der Waals surface area contributed by atoms with Gasteiger partial charge in [-0.3, -0.25) is 14.6 Å². The lowest BCUT2D eigenvalue weighted by molar-refractivity contribution is -0.121. The van der Waals surface area contributed by atoms with E-state index >= 15 is 0 Å². The molecule has 1 amide bonds. The second-order valence-corrected chi connectivity index (χ2v) is 14.1. The SMILES string of the molecule is CCCCCCCC/C=C\CCCCCCCC(=O)NCCN1CCN(C)C1CCCCCCC/C=C\CCCCCCCC.